The Hall–Kier alpha value is -1.31. The van der Waals surface area contributed by atoms with E-state index in [0.717, 1.165) is 55.3 Å². The van der Waals surface area contributed by atoms with Crippen LogP contribution in [0.15, 0.2) is 36.0 Å². The van der Waals surface area contributed by atoms with Crippen LogP contribution in [0.5, 0.6) is 0 Å². The Bertz CT molecular complexity index is 1000. The van der Waals surface area contributed by atoms with Crippen molar-refractivity contribution < 1.29 is 9.53 Å². The molecule has 4 aliphatic rings. The van der Waals surface area contributed by atoms with Crippen molar-refractivity contribution in [2.75, 3.05) is 0 Å². The lowest BCUT2D eigenvalue weighted by molar-refractivity contribution is -0.151. The Kier molecular flexibility index (Phi) is 14.0. The summed E-state index contributed by atoms with van der Waals surface area (Å²) in [6.07, 6.45) is 35.6. The highest BCUT2D eigenvalue weighted by Crippen LogP contribution is 2.67. The number of carbonyl (C=O) groups excluding carboxylic acids is 1. The van der Waals surface area contributed by atoms with E-state index in [1.165, 1.54) is 89.9 Å². The minimum atomic E-state index is 0.0456. The standard InChI is InChI=1S/C43H72O2/c1-8-9-10-11-12-13-14-15-16-17-18-19-20-41(44)45-36-27-29-42(6)35(31-36)23-24-37-39-26-25-38(43(39,7)30-28-40(37)42)34(5)22-21-33(4)32(2)3/h12-13,21-23,32-34,36-40H,8-11,14-20,24-31H2,1-7H3/b13-12-,22-21+. The van der Waals surface area contributed by atoms with Gasteiger partial charge >= 0.3 is 5.97 Å². The molecule has 0 heterocycles. The largest absolute Gasteiger partial charge is 0.462 e. The topological polar surface area (TPSA) is 26.3 Å². The quantitative estimate of drug-likeness (QED) is 0.0918. The zero-order valence-corrected chi connectivity index (χ0v) is 30.8. The SMILES string of the molecule is CCCCC/C=C\CCCCCCCC(=O)OC1CCC2(C)C(=CCC3C2CCC2(C)C(C(C)/C=C/C(C)C(C)C)CCC32)C1. The summed E-state index contributed by atoms with van der Waals surface area (Å²) < 4.78 is 6.11. The summed E-state index contributed by atoms with van der Waals surface area (Å²) in [5, 5.41) is 0. The van der Waals surface area contributed by atoms with Crippen molar-refractivity contribution in [3.8, 4) is 0 Å². The van der Waals surface area contributed by atoms with Gasteiger partial charge in [-0.05, 0) is 129 Å². The second-order valence-corrected chi connectivity index (χ2v) is 17.0. The molecule has 0 aromatic rings. The monoisotopic (exact) mass is 621 g/mol. The molecule has 256 valence electrons. The molecule has 9 atom stereocenters. The third kappa shape index (κ3) is 9.19. The van der Waals surface area contributed by atoms with Crippen molar-refractivity contribution in [1.82, 2.24) is 0 Å². The minimum absolute atomic E-state index is 0.0456. The van der Waals surface area contributed by atoms with E-state index in [-0.39, 0.29) is 12.1 Å². The number of hydrogen-bond donors (Lipinski definition) is 0. The Morgan fingerprint density at radius 1 is 0.867 bits per heavy atom. The number of hydrogen-bond acceptors (Lipinski definition) is 2. The third-order valence-electron chi connectivity index (χ3n) is 13.7. The van der Waals surface area contributed by atoms with Gasteiger partial charge < -0.3 is 4.74 Å². The summed E-state index contributed by atoms with van der Waals surface area (Å²) in [6.45, 7) is 17.1. The zero-order chi connectivity index (χ0) is 32.5. The fourth-order valence-electron chi connectivity index (χ4n) is 10.4. The van der Waals surface area contributed by atoms with Gasteiger partial charge in [0.05, 0.1) is 0 Å². The van der Waals surface area contributed by atoms with Crippen LogP contribution < -0.4 is 0 Å². The molecule has 0 amide bonds. The van der Waals surface area contributed by atoms with Gasteiger partial charge in [0.15, 0.2) is 0 Å². The van der Waals surface area contributed by atoms with E-state index in [4.69, 9.17) is 4.74 Å². The fourth-order valence-corrected chi connectivity index (χ4v) is 10.4. The van der Waals surface area contributed by atoms with Gasteiger partial charge in [0.1, 0.15) is 6.10 Å². The normalized spacial score (nSPS) is 34.4. The fraction of sp³-hybridized carbons (Fsp3) is 0.837. The van der Waals surface area contributed by atoms with Crippen molar-refractivity contribution in [3.63, 3.8) is 0 Å². The summed E-state index contributed by atoms with van der Waals surface area (Å²) in [6, 6.07) is 0. The molecule has 9 unspecified atom stereocenters. The molecular formula is C43H72O2. The van der Waals surface area contributed by atoms with Gasteiger partial charge in [0.2, 0.25) is 0 Å². The van der Waals surface area contributed by atoms with Crippen LogP contribution in [0.1, 0.15) is 170 Å². The van der Waals surface area contributed by atoms with Gasteiger partial charge in [0.25, 0.3) is 0 Å². The lowest BCUT2D eigenvalue weighted by atomic mass is 9.47. The van der Waals surface area contributed by atoms with E-state index in [9.17, 15) is 4.79 Å². The van der Waals surface area contributed by atoms with Gasteiger partial charge in [0, 0.05) is 12.8 Å². The molecule has 3 fully saturated rings. The zero-order valence-electron chi connectivity index (χ0n) is 30.8. The molecule has 0 aliphatic heterocycles. The average Bonchev–Trinajstić information content (AvgIpc) is 3.37. The highest BCUT2D eigenvalue weighted by Gasteiger charge is 2.59. The van der Waals surface area contributed by atoms with Gasteiger partial charge in [-0.25, -0.2) is 0 Å². The second kappa shape index (κ2) is 17.2. The van der Waals surface area contributed by atoms with E-state index in [2.05, 4.69) is 78.8 Å². The predicted molar refractivity (Wildman–Crippen MR) is 193 cm³/mol. The van der Waals surface area contributed by atoms with Crippen LogP contribution >= 0.6 is 0 Å². The Morgan fingerprint density at radius 3 is 2.31 bits per heavy atom. The van der Waals surface area contributed by atoms with Crippen molar-refractivity contribution in [2.24, 2.45) is 52.3 Å². The molecule has 0 bridgehead atoms. The molecule has 0 saturated heterocycles. The highest BCUT2D eigenvalue weighted by atomic mass is 16.5. The smallest absolute Gasteiger partial charge is 0.306 e. The number of fused-ring (bicyclic) bond motifs is 5. The van der Waals surface area contributed by atoms with Crippen LogP contribution in [0.4, 0.5) is 0 Å². The second-order valence-electron chi connectivity index (χ2n) is 17.0. The van der Waals surface area contributed by atoms with Crippen molar-refractivity contribution in [3.05, 3.63) is 36.0 Å². The highest BCUT2D eigenvalue weighted by molar-refractivity contribution is 5.69. The molecule has 4 aliphatic carbocycles. The van der Waals surface area contributed by atoms with E-state index in [0.29, 0.717) is 29.1 Å². The molecule has 0 radical (unpaired) electrons. The van der Waals surface area contributed by atoms with Crippen LogP contribution in [0, 0.1) is 52.3 Å². The van der Waals surface area contributed by atoms with Gasteiger partial charge in [-0.2, -0.15) is 0 Å². The number of unbranched alkanes of at least 4 members (excludes halogenated alkanes) is 8. The number of ether oxygens (including phenoxy) is 1. The first-order chi connectivity index (χ1) is 21.6. The molecule has 2 heteroatoms. The van der Waals surface area contributed by atoms with Crippen molar-refractivity contribution in [2.45, 2.75) is 177 Å². The van der Waals surface area contributed by atoms with Gasteiger partial charge in [-0.1, -0.05) is 117 Å². The maximum atomic E-state index is 12.8. The Balaban J connectivity index is 1.20. The van der Waals surface area contributed by atoms with Gasteiger partial charge in [-0.15, -0.1) is 0 Å². The minimum Gasteiger partial charge on any atom is -0.462 e. The van der Waals surface area contributed by atoms with Crippen molar-refractivity contribution in [1.29, 1.82) is 0 Å². The van der Waals surface area contributed by atoms with Crippen LogP contribution in [0.2, 0.25) is 0 Å². The first kappa shape index (κ1) is 36.5. The van der Waals surface area contributed by atoms with Crippen LogP contribution in [0.25, 0.3) is 0 Å². The molecule has 0 aromatic carbocycles. The van der Waals surface area contributed by atoms with E-state index < -0.39 is 0 Å². The number of esters is 1. The van der Waals surface area contributed by atoms with Crippen molar-refractivity contribution >= 4 is 5.97 Å². The van der Waals surface area contributed by atoms with Crippen LogP contribution in [-0.4, -0.2) is 12.1 Å². The summed E-state index contributed by atoms with van der Waals surface area (Å²) >= 11 is 0. The molecule has 0 N–H and O–H groups in total. The number of rotatable bonds is 17. The van der Waals surface area contributed by atoms with Crippen LogP contribution in [0.3, 0.4) is 0 Å². The molecule has 3 saturated carbocycles. The molecule has 45 heavy (non-hydrogen) atoms. The van der Waals surface area contributed by atoms with Crippen LogP contribution in [-0.2, 0) is 9.53 Å². The summed E-state index contributed by atoms with van der Waals surface area (Å²) in [4.78, 5) is 12.8. The van der Waals surface area contributed by atoms with E-state index in [1.807, 2.05) is 0 Å². The number of carbonyl (C=O) groups is 1. The van der Waals surface area contributed by atoms with E-state index >= 15 is 0 Å². The molecule has 0 aromatic heterocycles. The Labute approximate surface area is 279 Å². The summed E-state index contributed by atoms with van der Waals surface area (Å²) in [7, 11) is 0. The average molecular weight is 621 g/mol. The molecular weight excluding hydrogens is 548 g/mol. The maximum Gasteiger partial charge on any atom is 0.306 e. The first-order valence-corrected chi connectivity index (χ1v) is 19.8. The lowest BCUT2D eigenvalue weighted by Crippen LogP contribution is -2.51. The molecule has 2 nitrogen and oxygen atoms in total. The first-order valence-electron chi connectivity index (χ1n) is 19.8. The third-order valence-corrected chi connectivity index (χ3v) is 13.7. The lowest BCUT2D eigenvalue weighted by Gasteiger charge is -2.58. The molecule has 0 spiro atoms. The predicted octanol–water partition coefficient (Wildman–Crippen LogP) is 12.8. The Morgan fingerprint density at radius 2 is 1.58 bits per heavy atom. The van der Waals surface area contributed by atoms with E-state index in [1.54, 1.807) is 5.57 Å². The molecule has 4 rings (SSSR count). The summed E-state index contributed by atoms with van der Waals surface area (Å²) in [5.74, 6) is 5.47. The van der Waals surface area contributed by atoms with Gasteiger partial charge in [-0.3, -0.25) is 4.79 Å². The summed E-state index contributed by atoms with van der Waals surface area (Å²) in [5.41, 5.74) is 2.43. The maximum absolute atomic E-state index is 12.8. The number of allylic oxidation sites excluding steroid dienone is 5.